The van der Waals surface area contributed by atoms with E-state index in [1.54, 1.807) is 0 Å². The van der Waals surface area contributed by atoms with Crippen LogP contribution in [0.25, 0.3) is 10.6 Å². The molecule has 0 saturated carbocycles. The van der Waals surface area contributed by atoms with Crippen LogP contribution >= 0.6 is 22.9 Å². The average molecular weight is 386 g/mol. The van der Waals surface area contributed by atoms with Crippen LogP contribution in [0.4, 0.5) is 5.69 Å². The highest BCUT2D eigenvalue weighted by Gasteiger charge is 2.11. The van der Waals surface area contributed by atoms with Crippen molar-refractivity contribution in [3.8, 4) is 10.6 Å². The predicted octanol–water partition coefficient (Wildman–Crippen LogP) is 4.71. The van der Waals surface area contributed by atoms with Crippen molar-refractivity contribution in [3.63, 3.8) is 0 Å². The number of amides is 1. The number of hydrogen-bond donors (Lipinski definition) is 1. The maximum atomic E-state index is 12.3. The van der Waals surface area contributed by atoms with Crippen LogP contribution in [-0.4, -0.2) is 29.9 Å². The van der Waals surface area contributed by atoms with E-state index in [-0.39, 0.29) is 12.3 Å². The Morgan fingerprint density at radius 3 is 2.77 bits per heavy atom. The van der Waals surface area contributed by atoms with Gasteiger partial charge in [-0.25, -0.2) is 4.98 Å². The van der Waals surface area contributed by atoms with Crippen molar-refractivity contribution < 1.29 is 4.79 Å². The zero-order valence-corrected chi connectivity index (χ0v) is 16.3. The Balaban J connectivity index is 1.65. The van der Waals surface area contributed by atoms with Crippen LogP contribution < -0.4 is 5.32 Å². The molecule has 134 valence electrons. The molecule has 0 atom stereocenters. The topological polar surface area (TPSA) is 45.2 Å². The van der Waals surface area contributed by atoms with Gasteiger partial charge in [-0.3, -0.25) is 4.79 Å². The number of carbonyl (C=O) groups excluding carboxylic acids is 1. The number of carbonyl (C=O) groups is 1. The Morgan fingerprint density at radius 1 is 1.19 bits per heavy atom. The third kappa shape index (κ3) is 4.91. The molecule has 0 aliphatic carbocycles. The second-order valence-electron chi connectivity index (χ2n) is 6.29. The van der Waals surface area contributed by atoms with Gasteiger partial charge in [0.15, 0.2) is 0 Å². The maximum Gasteiger partial charge on any atom is 0.230 e. The van der Waals surface area contributed by atoms with Crippen molar-refractivity contribution >= 4 is 34.5 Å². The molecule has 0 saturated heterocycles. The highest BCUT2D eigenvalue weighted by molar-refractivity contribution is 7.13. The van der Waals surface area contributed by atoms with Crippen molar-refractivity contribution in [1.82, 2.24) is 9.88 Å². The molecular formula is C20H20ClN3OS. The highest BCUT2D eigenvalue weighted by atomic mass is 35.5. The molecule has 0 spiro atoms. The van der Waals surface area contributed by atoms with Crippen LogP contribution in [0, 0.1) is 0 Å². The summed E-state index contributed by atoms with van der Waals surface area (Å²) >= 11 is 7.71. The fourth-order valence-electron chi connectivity index (χ4n) is 2.63. The van der Waals surface area contributed by atoms with E-state index in [4.69, 9.17) is 11.6 Å². The fourth-order valence-corrected chi connectivity index (χ4v) is 3.77. The summed E-state index contributed by atoms with van der Waals surface area (Å²) in [5.74, 6) is -0.0805. The lowest BCUT2D eigenvalue weighted by molar-refractivity contribution is -0.115. The average Bonchev–Trinajstić information content (AvgIpc) is 3.03. The number of halogens is 1. The van der Waals surface area contributed by atoms with Crippen molar-refractivity contribution in [1.29, 1.82) is 0 Å². The molecule has 2 aromatic carbocycles. The fraction of sp³-hybridized carbons (Fsp3) is 0.200. The summed E-state index contributed by atoms with van der Waals surface area (Å²) in [7, 11) is 4.04. The minimum absolute atomic E-state index is 0.0805. The van der Waals surface area contributed by atoms with Crippen molar-refractivity contribution in [2.24, 2.45) is 0 Å². The summed E-state index contributed by atoms with van der Waals surface area (Å²) in [6, 6.07) is 15.5. The molecule has 0 bridgehead atoms. The number of thiazole rings is 1. The first-order chi connectivity index (χ1) is 12.5. The van der Waals surface area contributed by atoms with Gasteiger partial charge in [-0.05, 0) is 37.9 Å². The normalized spacial score (nSPS) is 10.9. The van der Waals surface area contributed by atoms with E-state index in [1.807, 2.05) is 68.0 Å². The van der Waals surface area contributed by atoms with E-state index in [2.05, 4.69) is 15.2 Å². The number of rotatable bonds is 6. The molecule has 0 radical (unpaired) electrons. The molecule has 3 rings (SSSR count). The first-order valence-corrected chi connectivity index (χ1v) is 9.50. The van der Waals surface area contributed by atoms with E-state index in [1.165, 1.54) is 11.3 Å². The Hall–Kier alpha value is -2.21. The monoisotopic (exact) mass is 385 g/mol. The summed E-state index contributed by atoms with van der Waals surface area (Å²) in [4.78, 5) is 19.0. The van der Waals surface area contributed by atoms with Crippen molar-refractivity contribution in [2.75, 3.05) is 19.4 Å². The van der Waals surface area contributed by atoms with Crippen molar-refractivity contribution in [2.45, 2.75) is 13.0 Å². The summed E-state index contributed by atoms with van der Waals surface area (Å²) in [5, 5.41) is 6.34. The lowest BCUT2D eigenvalue weighted by Crippen LogP contribution is -2.15. The molecule has 3 aromatic rings. The first-order valence-electron chi connectivity index (χ1n) is 8.24. The Bertz CT molecular complexity index is 907. The molecule has 0 aliphatic heterocycles. The summed E-state index contributed by atoms with van der Waals surface area (Å²) in [5.41, 5.74) is 3.59. The molecule has 0 unspecified atom stereocenters. The van der Waals surface area contributed by atoms with E-state index in [0.717, 1.165) is 34.1 Å². The van der Waals surface area contributed by atoms with Crippen LogP contribution in [0.3, 0.4) is 0 Å². The Labute approximate surface area is 162 Å². The number of hydrogen-bond acceptors (Lipinski definition) is 4. The van der Waals surface area contributed by atoms with Crippen LogP contribution in [0.2, 0.25) is 5.02 Å². The molecular weight excluding hydrogens is 366 g/mol. The molecule has 0 fully saturated rings. The van der Waals surface area contributed by atoms with Gasteiger partial charge in [0.2, 0.25) is 5.91 Å². The van der Waals surface area contributed by atoms with E-state index >= 15 is 0 Å². The molecule has 6 heteroatoms. The van der Waals surface area contributed by atoms with E-state index in [0.29, 0.717) is 5.02 Å². The zero-order valence-electron chi connectivity index (χ0n) is 14.7. The van der Waals surface area contributed by atoms with E-state index < -0.39 is 0 Å². The van der Waals surface area contributed by atoms with Crippen molar-refractivity contribution in [3.05, 3.63) is 70.2 Å². The molecule has 1 amide bonds. The van der Waals surface area contributed by atoms with E-state index in [9.17, 15) is 4.79 Å². The largest absolute Gasteiger partial charge is 0.326 e. The second-order valence-corrected chi connectivity index (χ2v) is 7.55. The van der Waals surface area contributed by atoms with Gasteiger partial charge >= 0.3 is 0 Å². The Kier molecular flexibility index (Phi) is 6.04. The summed E-state index contributed by atoms with van der Waals surface area (Å²) < 4.78 is 0. The number of nitrogens with zero attached hydrogens (tertiary/aromatic N) is 2. The molecule has 1 heterocycles. The minimum atomic E-state index is -0.0805. The molecule has 1 N–H and O–H groups in total. The maximum absolute atomic E-state index is 12.3. The zero-order chi connectivity index (χ0) is 18.5. The van der Waals surface area contributed by atoms with Crippen LogP contribution in [0.5, 0.6) is 0 Å². The lowest BCUT2D eigenvalue weighted by atomic mass is 10.2. The smallest absolute Gasteiger partial charge is 0.230 e. The molecule has 0 aliphatic rings. The third-order valence-electron chi connectivity index (χ3n) is 3.71. The number of benzene rings is 2. The van der Waals surface area contributed by atoms with Gasteiger partial charge < -0.3 is 10.2 Å². The van der Waals surface area contributed by atoms with Gasteiger partial charge in [0.1, 0.15) is 5.01 Å². The van der Waals surface area contributed by atoms with Gasteiger partial charge in [-0.2, -0.15) is 0 Å². The summed E-state index contributed by atoms with van der Waals surface area (Å²) in [6.45, 7) is 0.830. The van der Waals surface area contributed by atoms with Crippen LogP contribution in [0.15, 0.2) is 53.9 Å². The Morgan fingerprint density at radius 2 is 2.00 bits per heavy atom. The molecule has 1 aromatic heterocycles. The van der Waals surface area contributed by atoms with Gasteiger partial charge in [-0.1, -0.05) is 41.9 Å². The van der Waals surface area contributed by atoms with Gasteiger partial charge in [0.25, 0.3) is 0 Å². The second kappa shape index (κ2) is 8.45. The molecule has 26 heavy (non-hydrogen) atoms. The first kappa shape index (κ1) is 18.6. The quantitative estimate of drug-likeness (QED) is 0.668. The van der Waals surface area contributed by atoms with Gasteiger partial charge in [0, 0.05) is 23.2 Å². The SMILES string of the molecule is CN(C)Cc1cccc(NC(=O)Cc2csc(-c3ccccc3Cl)n2)c1. The number of anilines is 1. The summed E-state index contributed by atoms with van der Waals surface area (Å²) in [6.07, 6.45) is 0.235. The number of nitrogens with one attached hydrogen (secondary N) is 1. The highest BCUT2D eigenvalue weighted by Crippen LogP contribution is 2.30. The lowest BCUT2D eigenvalue weighted by Gasteiger charge is -2.11. The third-order valence-corrected chi connectivity index (χ3v) is 4.96. The predicted molar refractivity (Wildman–Crippen MR) is 109 cm³/mol. The van der Waals surface area contributed by atoms with Crippen LogP contribution in [0.1, 0.15) is 11.3 Å². The minimum Gasteiger partial charge on any atom is -0.326 e. The standard InChI is InChI=1S/C20H20ClN3OS/c1-24(2)12-14-6-5-7-15(10-14)22-19(25)11-16-13-26-20(23-16)17-8-3-4-9-18(17)21/h3-10,13H,11-12H2,1-2H3,(H,22,25). The van der Waals surface area contributed by atoms with Gasteiger partial charge in [-0.15, -0.1) is 11.3 Å². The van der Waals surface area contributed by atoms with Crippen LogP contribution in [-0.2, 0) is 17.8 Å². The molecule has 4 nitrogen and oxygen atoms in total. The van der Waals surface area contributed by atoms with Gasteiger partial charge in [0.05, 0.1) is 17.1 Å². The number of aromatic nitrogens is 1.